The molecule has 2 rings (SSSR count). The van der Waals surface area contributed by atoms with Crippen LogP contribution in [-0.2, 0) is 16.0 Å². The van der Waals surface area contributed by atoms with Crippen LogP contribution >= 0.6 is 23.1 Å². The number of thioether (sulfide) groups is 1. The lowest BCUT2D eigenvalue weighted by Crippen LogP contribution is -2.15. The largest absolute Gasteiger partial charge is 0.462 e. The van der Waals surface area contributed by atoms with Gasteiger partial charge in [-0.1, -0.05) is 13.0 Å². The van der Waals surface area contributed by atoms with Gasteiger partial charge in [-0.2, -0.15) is 0 Å². The molecule has 1 N–H and O–H groups in total. The lowest BCUT2D eigenvalue weighted by atomic mass is 10.1. The Labute approximate surface area is 157 Å². The third-order valence-corrected chi connectivity index (χ3v) is 5.92. The number of ether oxygens (including phenoxy) is 1. The predicted molar refractivity (Wildman–Crippen MR) is 105 cm³/mol. The highest BCUT2D eigenvalue weighted by molar-refractivity contribution is 8.00. The zero-order valence-corrected chi connectivity index (χ0v) is 16.6. The molecule has 0 aliphatic carbocycles. The minimum Gasteiger partial charge on any atom is -0.462 e. The van der Waals surface area contributed by atoms with Gasteiger partial charge in [0.25, 0.3) is 0 Å². The molecule has 0 fully saturated rings. The summed E-state index contributed by atoms with van der Waals surface area (Å²) in [6, 6.07) is 7.96. The van der Waals surface area contributed by atoms with Crippen molar-refractivity contribution in [1.82, 2.24) is 0 Å². The summed E-state index contributed by atoms with van der Waals surface area (Å²) in [6.07, 6.45) is 0.810. The first kappa shape index (κ1) is 19.5. The second kappa shape index (κ2) is 9.06. The van der Waals surface area contributed by atoms with E-state index < -0.39 is 5.97 Å². The van der Waals surface area contributed by atoms with Crippen molar-refractivity contribution in [3.63, 3.8) is 0 Å². The fourth-order valence-electron chi connectivity index (χ4n) is 2.18. The van der Waals surface area contributed by atoms with Crippen LogP contribution in [0.1, 0.15) is 40.2 Å². The number of hydrogen-bond donors (Lipinski definition) is 1. The van der Waals surface area contributed by atoms with Crippen LogP contribution in [-0.4, -0.2) is 24.2 Å². The van der Waals surface area contributed by atoms with Crippen LogP contribution < -0.4 is 5.32 Å². The van der Waals surface area contributed by atoms with Gasteiger partial charge in [-0.05, 0) is 56.5 Å². The summed E-state index contributed by atoms with van der Waals surface area (Å²) in [5.41, 5.74) is 2.88. The van der Waals surface area contributed by atoms with Crippen molar-refractivity contribution >= 4 is 40.0 Å². The monoisotopic (exact) mass is 377 g/mol. The quantitative estimate of drug-likeness (QED) is 0.554. The first-order valence-corrected chi connectivity index (χ1v) is 10.0. The van der Waals surface area contributed by atoms with E-state index in [1.807, 2.05) is 13.0 Å². The number of carbonyl (C=O) groups is 2. The number of carbonyl (C=O) groups excluding carboxylic acids is 2. The summed E-state index contributed by atoms with van der Waals surface area (Å²) in [5.74, 6) is -0.224. The Hall–Kier alpha value is -1.79. The fraction of sp³-hybridized carbons (Fsp3) is 0.368. The van der Waals surface area contributed by atoms with Crippen molar-refractivity contribution in [2.75, 3.05) is 17.7 Å². The van der Waals surface area contributed by atoms with Crippen molar-refractivity contribution in [1.29, 1.82) is 0 Å². The van der Waals surface area contributed by atoms with E-state index in [0.29, 0.717) is 22.9 Å². The van der Waals surface area contributed by atoms with Gasteiger partial charge in [0.1, 0.15) is 5.00 Å². The van der Waals surface area contributed by atoms with Crippen LogP contribution in [0.3, 0.4) is 0 Å². The number of benzene rings is 1. The summed E-state index contributed by atoms with van der Waals surface area (Å²) < 4.78 is 5.07. The highest BCUT2D eigenvalue weighted by Gasteiger charge is 2.18. The lowest BCUT2D eigenvalue weighted by molar-refractivity contribution is -0.113. The maximum atomic E-state index is 12.3. The van der Waals surface area contributed by atoms with Crippen LogP contribution in [0.25, 0.3) is 0 Å². The lowest BCUT2D eigenvalue weighted by Gasteiger charge is -2.07. The number of hydrogen-bond acceptors (Lipinski definition) is 5. The molecular formula is C19H23NO3S2. The molecule has 0 radical (unpaired) electrons. The summed E-state index contributed by atoms with van der Waals surface area (Å²) in [7, 11) is 0. The number of thiophene rings is 1. The summed E-state index contributed by atoms with van der Waals surface area (Å²) in [5, 5.41) is 3.43. The maximum absolute atomic E-state index is 12.3. The Bertz CT molecular complexity index is 768. The molecule has 0 aliphatic heterocycles. The topological polar surface area (TPSA) is 55.4 Å². The van der Waals surface area contributed by atoms with Crippen molar-refractivity contribution in [3.05, 3.63) is 45.8 Å². The minimum absolute atomic E-state index is 0.127. The molecule has 0 spiro atoms. The van der Waals surface area contributed by atoms with Crippen LogP contribution in [0, 0.1) is 13.8 Å². The molecule has 25 heavy (non-hydrogen) atoms. The Kier molecular flexibility index (Phi) is 7.08. The molecule has 1 aromatic heterocycles. The SMILES string of the molecule is CCOC(=O)c1cc(CC)sc1NC(=O)CSc1ccc(C)c(C)c1. The zero-order valence-electron chi connectivity index (χ0n) is 15.0. The molecule has 0 saturated heterocycles. The molecule has 0 bridgehead atoms. The molecule has 2 aromatic rings. The van der Waals surface area contributed by atoms with Gasteiger partial charge in [0, 0.05) is 9.77 Å². The van der Waals surface area contributed by atoms with Crippen LogP contribution in [0.5, 0.6) is 0 Å². The van der Waals surface area contributed by atoms with E-state index >= 15 is 0 Å². The van der Waals surface area contributed by atoms with Gasteiger partial charge in [-0.3, -0.25) is 4.79 Å². The van der Waals surface area contributed by atoms with Crippen molar-refractivity contribution in [2.45, 2.75) is 39.0 Å². The molecule has 4 nitrogen and oxygen atoms in total. The Balaban J connectivity index is 2.03. The highest BCUT2D eigenvalue weighted by Crippen LogP contribution is 2.30. The van der Waals surface area contributed by atoms with Crippen molar-refractivity contribution in [3.8, 4) is 0 Å². The molecule has 1 amide bonds. The Morgan fingerprint density at radius 1 is 1.16 bits per heavy atom. The molecule has 134 valence electrons. The molecule has 1 heterocycles. The van der Waals surface area contributed by atoms with E-state index in [1.165, 1.54) is 34.2 Å². The maximum Gasteiger partial charge on any atom is 0.341 e. The standard InChI is InChI=1S/C19H23NO3S2/c1-5-14-10-16(19(22)23-6-2)18(25-14)20-17(21)11-24-15-8-7-12(3)13(4)9-15/h7-10H,5-6,11H2,1-4H3,(H,20,21). The number of esters is 1. The van der Waals surface area contributed by atoms with Crippen LogP contribution in [0.2, 0.25) is 0 Å². The summed E-state index contributed by atoms with van der Waals surface area (Å²) in [6.45, 7) is 8.22. The number of aryl methyl sites for hydroxylation is 3. The number of anilines is 1. The second-order valence-corrected chi connectivity index (χ2v) is 7.80. The van der Waals surface area contributed by atoms with Crippen molar-refractivity contribution in [2.24, 2.45) is 0 Å². The number of nitrogens with one attached hydrogen (secondary N) is 1. The third-order valence-electron chi connectivity index (χ3n) is 3.73. The van der Waals surface area contributed by atoms with Gasteiger partial charge >= 0.3 is 5.97 Å². The van der Waals surface area contributed by atoms with Gasteiger partial charge in [-0.25, -0.2) is 4.79 Å². The van der Waals surface area contributed by atoms with Crippen LogP contribution in [0.4, 0.5) is 5.00 Å². The van der Waals surface area contributed by atoms with E-state index in [4.69, 9.17) is 4.74 Å². The van der Waals surface area contributed by atoms with E-state index in [2.05, 4.69) is 31.3 Å². The van der Waals surface area contributed by atoms with E-state index in [-0.39, 0.29) is 5.91 Å². The molecule has 6 heteroatoms. The van der Waals surface area contributed by atoms with Gasteiger partial charge < -0.3 is 10.1 Å². The Morgan fingerprint density at radius 3 is 2.56 bits per heavy atom. The van der Waals surface area contributed by atoms with Gasteiger partial charge in [-0.15, -0.1) is 23.1 Å². The molecule has 0 unspecified atom stereocenters. The summed E-state index contributed by atoms with van der Waals surface area (Å²) in [4.78, 5) is 26.4. The summed E-state index contributed by atoms with van der Waals surface area (Å²) >= 11 is 2.91. The fourth-order valence-corrected chi connectivity index (χ4v) is 3.98. The normalized spacial score (nSPS) is 10.6. The van der Waals surface area contributed by atoms with Gasteiger partial charge in [0.2, 0.25) is 5.91 Å². The van der Waals surface area contributed by atoms with E-state index in [0.717, 1.165) is 16.2 Å². The van der Waals surface area contributed by atoms with Crippen molar-refractivity contribution < 1.29 is 14.3 Å². The smallest absolute Gasteiger partial charge is 0.341 e. The van der Waals surface area contributed by atoms with Gasteiger partial charge in [0.15, 0.2) is 0 Å². The first-order chi connectivity index (χ1) is 11.9. The zero-order chi connectivity index (χ0) is 18.4. The Morgan fingerprint density at radius 2 is 1.92 bits per heavy atom. The average Bonchev–Trinajstić information content (AvgIpc) is 2.99. The number of rotatable bonds is 7. The molecule has 0 saturated carbocycles. The highest BCUT2D eigenvalue weighted by atomic mass is 32.2. The van der Waals surface area contributed by atoms with Gasteiger partial charge in [0.05, 0.1) is 17.9 Å². The minimum atomic E-state index is -0.393. The first-order valence-electron chi connectivity index (χ1n) is 8.24. The van der Waals surface area contributed by atoms with E-state index in [9.17, 15) is 9.59 Å². The molecule has 0 atom stereocenters. The molecule has 1 aromatic carbocycles. The van der Waals surface area contributed by atoms with E-state index in [1.54, 1.807) is 13.0 Å². The molecule has 0 aliphatic rings. The predicted octanol–water partition coefficient (Wildman–Crippen LogP) is 4.83. The average molecular weight is 378 g/mol. The van der Waals surface area contributed by atoms with Crippen LogP contribution in [0.15, 0.2) is 29.2 Å². The second-order valence-electron chi connectivity index (χ2n) is 5.61. The third kappa shape index (κ3) is 5.34. The molecular weight excluding hydrogens is 354 g/mol. The number of amides is 1.